The van der Waals surface area contributed by atoms with Crippen molar-refractivity contribution in [1.29, 1.82) is 0 Å². The molecule has 1 amide bonds. The number of ether oxygens (including phenoxy) is 1. The molecule has 1 aromatic heterocycles. The van der Waals surface area contributed by atoms with E-state index in [4.69, 9.17) is 4.74 Å². The van der Waals surface area contributed by atoms with E-state index >= 15 is 0 Å². The van der Waals surface area contributed by atoms with E-state index in [1.54, 1.807) is 0 Å². The number of likely N-dealkylation sites (tertiary alicyclic amines) is 1. The fraction of sp³-hybridized carbons (Fsp3) is 0.625. The van der Waals surface area contributed by atoms with Gasteiger partial charge in [0, 0.05) is 25.8 Å². The van der Waals surface area contributed by atoms with Gasteiger partial charge in [-0.25, -0.2) is 4.79 Å². The standard InChI is InChI=1S/C16H25N3O2/c1-16(2,3)21-15(20)18-10-13-7-9-19(11-13)12-14-6-4-5-8-17-14/h4-6,8,13H,7,9-12H2,1-3H3,(H,18,20)/t13-/m1/s1. The Balaban J connectivity index is 1.69. The van der Waals surface area contributed by atoms with E-state index in [1.807, 2.05) is 45.2 Å². The van der Waals surface area contributed by atoms with Gasteiger partial charge in [-0.15, -0.1) is 0 Å². The number of carbonyl (C=O) groups is 1. The summed E-state index contributed by atoms with van der Waals surface area (Å²) in [5, 5.41) is 2.86. The van der Waals surface area contributed by atoms with Crippen molar-refractivity contribution in [1.82, 2.24) is 15.2 Å². The van der Waals surface area contributed by atoms with Crippen molar-refractivity contribution < 1.29 is 9.53 Å². The van der Waals surface area contributed by atoms with Gasteiger partial charge in [0.05, 0.1) is 5.69 Å². The lowest BCUT2D eigenvalue weighted by atomic mass is 10.1. The molecule has 1 atom stereocenters. The minimum absolute atomic E-state index is 0.328. The Morgan fingerprint density at radius 2 is 2.29 bits per heavy atom. The van der Waals surface area contributed by atoms with Crippen molar-refractivity contribution in [2.24, 2.45) is 5.92 Å². The number of alkyl carbamates (subject to hydrolysis) is 1. The number of hydrogen-bond donors (Lipinski definition) is 1. The molecule has 0 bridgehead atoms. The van der Waals surface area contributed by atoms with Crippen LogP contribution in [0.15, 0.2) is 24.4 Å². The van der Waals surface area contributed by atoms with Gasteiger partial charge in [0.25, 0.3) is 0 Å². The van der Waals surface area contributed by atoms with Gasteiger partial charge in [-0.1, -0.05) is 6.07 Å². The molecule has 0 radical (unpaired) electrons. The summed E-state index contributed by atoms with van der Waals surface area (Å²) in [6, 6.07) is 5.99. The highest BCUT2D eigenvalue weighted by Gasteiger charge is 2.24. The number of pyridine rings is 1. The van der Waals surface area contributed by atoms with Crippen LogP contribution in [0.3, 0.4) is 0 Å². The minimum Gasteiger partial charge on any atom is -0.444 e. The molecular weight excluding hydrogens is 266 g/mol. The molecule has 1 aliphatic rings. The van der Waals surface area contributed by atoms with E-state index in [9.17, 15) is 4.79 Å². The highest BCUT2D eigenvalue weighted by atomic mass is 16.6. The van der Waals surface area contributed by atoms with Crippen LogP contribution in [0.1, 0.15) is 32.9 Å². The molecule has 5 nitrogen and oxygen atoms in total. The monoisotopic (exact) mass is 291 g/mol. The van der Waals surface area contributed by atoms with E-state index in [0.29, 0.717) is 12.5 Å². The number of hydrogen-bond acceptors (Lipinski definition) is 4. The zero-order chi connectivity index (χ0) is 15.3. The lowest BCUT2D eigenvalue weighted by Crippen LogP contribution is -2.36. The van der Waals surface area contributed by atoms with Crippen molar-refractivity contribution in [3.05, 3.63) is 30.1 Å². The Morgan fingerprint density at radius 3 is 2.95 bits per heavy atom. The summed E-state index contributed by atoms with van der Waals surface area (Å²) in [6.45, 7) is 9.21. The molecule has 0 aliphatic carbocycles. The first-order chi connectivity index (χ1) is 9.92. The first kappa shape index (κ1) is 15.8. The zero-order valence-electron chi connectivity index (χ0n) is 13.1. The number of rotatable bonds is 4. The Labute approximate surface area is 126 Å². The number of amides is 1. The molecule has 5 heteroatoms. The molecule has 1 N–H and O–H groups in total. The maximum Gasteiger partial charge on any atom is 0.407 e. The molecule has 116 valence electrons. The molecule has 2 rings (SSSR count). The Morgan fingerprint density at radius 1 is 1.48 bits per heavy atom. The van der Waals surface area contributed by atoms with E-state index < -0.39 is 5.60 Å². The quantitative estimate of drug-likeness (QED) is 0.925. The van der Waals surface area contributed by atoms with Crippen molar-refractivity contribution in [2.75, 3.05) is 19.6 Å². The van der Waals surface area contributed by atoms with Gasteiger partial charge >= 0.3 is 6.09 Å². The van der Waals surface area contributed by atoms with Gasteiger partial charge in [0.2, 0.25) is 0 Å². The largest absolute Gasteiger partial charge is 0.444 e. The van der Waals surface area contributed by atoms with E-state index in [-0.39, 0.29) is 6.09 Å². The SMILES string of the molecule is CC(C)(C)OC(=O)NC[C@H]1CCN(Cc2ccccn2)C1. The van der Waals surface area contributed by atoms with Gasteiger partial charge in [-0.05, 0) is 51.8 Å². The van der Waals surface area contributed by atoms with Gasteiger partial charge in [-0.3, -0.25) is 9.88 Å². The summed E-state index contributed by atoms with van der Waals surface area (Å²) in [5.41, 5.74) is 0.656. The maximum atomic E-state index is 11.6. The fourth-order valence-electron chi connectivity index (χ4n) is 2.49. The molecule has 0 saturated carbocycles. The minimum atomic E-state index is -0.440. The topological polar surface area (TPSA) is 54.5 Å². The van der Waals surface area contributed by atoms with E-state index in [1.165, 1.54) is 0 Å². The Kier molecular flexibility index (Phi) is 5.17. The van der Waals surface area contributed by atoms with Crippen molar-refractivity contribution in [3.63, 3.8) is 0 Å². The third-order valence-electron chi connectivity index (χ3n) is 3.42. The molecule has 21 heavy (non-hydrogen) atoms. The average molecular weight is 291 g/mol. The smallest absolute Gasteiger partial charge is 0.407 e. The van der Waals surface area contributed by atoms with Crippen LogP contribution in [0.2, 0.25) is 0 Å². The predicted octanol–water partition coefficient (Wildman–Crippen LogP) is 2.43. The highest BCUT2D eigenvalue weighted by Crippen LogP contribution is 2.17. The molecule has 0 aromatic carbocycles. The predicted molar refractivity (Wildman–Crippen MR) is 81.9 cm³/mol. The lowest BCUT2D eigenvalue weighted by Gasteiger charge is -2.21. The Hall–Kier alpha value is -1.62. The second kappa shape index (κ2) is 6.89. The van der Waals surface area contributed by atoms with Crippen LogP contribution in [0, 0.1) is 5.92 Å². The summed E-state index contributed by atoms with van der Waals surface area (Å²) in [4.78, 5) is 18.4. The number of nitrogens with zero attached hydrogens (tertiary/aromatic N) is 2. The molecule has 1 aromatic rings. The summed E-state index contributed by atoms with van der Waals surface area (Å²) < 4.78 is 5.25. The van der Waals surface area contributed by atoms with Crippen LogP contribution in [-0.4, -0.2) is 41.2 Å². The van der Waals surface area contributed by atoms with Crippen LogP contribution in [0.25, 0.3) is 0 Å². The van der Waals surface area contributed by atoms with Crippen LogP contribution in [0.5, 0.6) is 0 Å². The number of carbonyl (C=O) groups excluding carboxylic acids is 1. The summed E-state index contributed by atoms with van der Waals surface area (Å²) in [7, 11) is 0. The average Bonchev–Trinajstić information content (AvgIpc) is 2.83. The van der Waals surface area contributed by atoms with Crippen LogP contribution in [0.4, 0.5) is 4.79 Å². The molecular formula is C16H25N3O2. The van der Waals surface area contributed by atoms with Gasteiger partial charge in [0.15, 0.2) is 0 Å². The second-order valence-corrected chi connectivity index (χ2v) is 6.59. The number of nitrogens with one attached hydrogen (secondary N) is 1. The third-order valence-corrected chi connectivity index (χ3v) is 3.42. The van der Waals surface area contributed by atoms with Gasteiger partial charge in [-0.2, -0.15) is 0 Å². The highest BCUT2D eigenvalue weighted by molar-refractivity contribution is 5.67. The van der Waals surface area contributed by atoms with Crippen molar-refractivity contribution >= 4 is 6.09 Å². The maximum absolute atomic E-state index is 11.6. The normalized spacial score (nSPS) is 19.5. The molecule has 1 aliphatic heterocycles. The second-order valence-electron chi connectivity index (χ2n) is 6.59. The molecule has 0 unspecified atom stereocenters. The molecule has 0 spiro atoms. The van der Waals surface area contributed by atoms with Crippen molar-refractivity contribution in [3.8, 4) is 0 Å². The van der Waals surface area contributed by atoms with Gasteiger partial charge in [0.1, 0.15) is 5.60 Å². The van der Waals surface area contributed by atoms with Gasteiger partial charge < -0.3 is 10.1 Å². The number of aromatic nitrogens is 1. The molecule has 1 saturated heterocycles. The molecule has 1 fully saturated rings. The van der Waals surface area contributed by atoms with Crippen LogP contribution >= 0.6 is 0 Å². The third kappa shape index (κ3) is 5.71. The Bertz CT molecular complexity index is 456. The summed E-state index contributed by atoms with van der Waals surface area (Å²) in [6.07, 6.45) is 2.60. The van der Waals surface area contributed by atoms with Crippen molar-refractivity contribution in [2.45, 2.75) is 39.3 Å². The zero-order valence-corrected chi connectivity index (χ0v) is 13.1. The molecule has 2 heterocycles. The first-order valence-electron chi connectivity index (χ1n) is 7.51. The lowest BCUT2D eigenvalue weighted by molar-refractivity contribution is 0.0519. The summed E-state index contributed by atoms with van der Waals surface area (Å²) >= 11 is 0. The first-order valence-corrected chi connectivity index (χ1v) is 7.51. The van der Waals surface area contributed by atoms with Crippen LogP contribution in [-0.2, 0) is 11.3 Å². The fourth-order valence-corrected chi connectivity index (χ4v) is 2.49. The van der Waals surface area contributed by atoms with E-state index in [2.05, 4.69) is 15.2 Å². The van der Waals surface area contributed by atoms with Crippen LogP contribution < -0.4 is 5.32 Å². The summed E-state index contributed by atoms with van der Waals surface area (Å²) in [5.74, 6) is 0.487. The van der Waals surface area contributed by atoms with E-state index in [0.717, 1.165) is 31.7 Å².